The van der Waals surface area contributed by atoms with Gasteiger partial charge in [-0.05, 0) is 93.2 Å². The number of fused-ring (bicyclic) bond motifs is 1. The lowest BCUT2D eigenvalue weighted by Gasteiger charge is -2.23. The van der Waals surface area contributed by atoms with Gasteiger partial charge in [-0.3, -0.25) is 9.98 Å². The van der Waals surface area contributed by atoms with Crippen LogP contribution in [0.4, 0.5) is 8.78 Å². The summed E-state index contributed by atoms with van der Waals surface area (Å²) in [6, 6.07) is 10.3. The number of nitrogens with one attached hydrogen (secondary N) is 3. The Kier molecular flexibility index (Phi) is 10.1. The van der Waals surface area contributed by atoms with Crippen molar-refractivity contribution in [2.24, 2.45) is 17.4 Å². The van der Waals surface area contributed by atoms with E-state index in [0.717, 1.165) is 62.7 Å². The summed E-state index contributed by atoms with van der Waals surface area (Å²) in [5.74, 6) is 0.421. The molecule has 1 aliphatic carbocycles. The zero-order valence-corrected chi connectivity index (χ0v) is 27.2. The molecule has 0 bridgehead atoms. The second-order valence-corrected chi connectivity index (χ2v) is 14.2. The lowest BCUT2D eigenvalue weighted by atomic mass is 10.00. The maximum absolute atomic E-state index is 15.6. The second-order valence-electron chi connectivity index (χ2n) is 12.6. The fourth-order valence-electron chi connectivity index (χ4n) is 6.53. The van der Waals surface area contributed by atoms with Gasteiger partial charge in [0.2, 0.25) is 0 Å². The topological polar surface area (TPSA) is 139 Å². The van der Waals surface area contributed by atoms with Gasteiger partial charge in [0, 0.05) is 46.6 Å². The van der Waals surface area contributed by atoms with Gasteiger partial charge in [-0.15, -0.1) is 0 Å². The number of benzene rings is 2. The van der Waals surface area contributed by atoms with Gasteiger partial charge in [-0.2, -0.15) is 4.98 Å². The van der Waals surface area contributed by atoms with E-state index >= 15 is 8.78 Å². The number of halogens is 3. The molecular formula is C34H40ClF2N7OS. The Hall–Kier alpha value is -3.25. The average molecular weight is 668 g/mol. The molecule has 2 fully saturated rings. The number of hydrogen-bond acceptors (Lipinski definition) is 6. The van der Waals surface area contributed by atoms with Crippen LogP contribution < -0.4 is 22.5 Å². The van der Waals surface area contributed by atoms with Crippen LogP contribution in [0.5, 0.6) is 0 Å². The van der Waals surface area contributed by atoms with E-state index in [-0.39, 0.29) is 28.3 Å². The van der Waals surface area contributed by atoms with E-state index in [4.69, 9.17) is 28.5 Å². The molecule has 12 heteroatoms. The Morgan fingerprint density at radius 3 is 2.72 bits per heavy atom. The number of hydrogen-bond donors (Lipinski definition) is 5. The summed E-state index contributed by atoms with van der Waals surface area (Å²) < 4.78 is 32.2. The highest BCUT2D eigenvalue weighted by Gasteiger charge is 2.28. The highest BCUT2D eigenvalue weighted by Crippen LogP contribution is 2.35. The fourth-order valence-corrected chi connectivity index (χ4v) is 7.40. The molecule has 3 atom stereocenters. The van der Waals surface area contributed by atoms with E-state index < -0.39 is 17.3 Å². The average Bonchev–Trinajstić information content (AvgIpc) is 3.82. The van der Waals surface area contributed by atoms with Gasteiger partial charge >= 0.3 is 5.69 Å². The number of nitrogens with two attached hydrogens (primary N) is 2. The quantitative estimate of drug-likeness (QED) is 0.0866. The Morgan fingerprint density at radius 2 is 1.96 bits per heavy atom. The van der Waals surface area contributed by atoms with E-state index in [1.807, 2.05) is 0 Å². The van der Waals surface area contributed by atoms with Crippen LogP contribution in [0.25, 0.3) is 28.0 Å². The van der Waals surface area contributed by atoms with E-state index in [0.29, 0.717) is 39.5 Å². The van der Waals surface area contributed by atoms with Crippen molar-refractivity contribution in [1.82, 2.24) is 19.9 Å². The summed E-state index contributed by atoms with van der Waals surface area (Å²) in [6.45, 7) is 0. The summed E-state index contributed by atoms with van der Waals surface area (Å²) in [5, 5.41) is 11.7. The third-order valence-electron chi connectivity index (χ3n) is 9.21. The molecule has 46 heavy (non-hydrogen) atoms. The van der Waals surface area contributed by atoms with Crippen LogP contribution in [-0.4, -0.2) is 37.5 Å². The smallest absolute Gasteiger partial charge is 0.354 e. The van der Waals surface area contributed by atoms with E-state index in [2.05, 4.69) is 15.3 Å². The molecule has 0 spiro atoms. The first-order valence-electron chi connectivity index (χ1n) is 16.0. The van der Waals surface area contributed by atoms with Crippen molar-refractivity contribution in [3.8, 4) is 16.9 Å². The standard InChI is InChI=1S/C34H40ClF2N7OS/c35-26-15-19(4-3-6-28(38)20-8-9-20)14-25(31(26)37)30-16-21-18-44(34(45)43-32(21)42-30)23-10-11-24(27(36)17-23)29-7-2-1-5-22(41-29)12-13-46-33(39)40/h10-11,14-18,20,22,28-29,41H,1-9,12-13,38H2,(H3,39,40)(H,42,43,45)/t22-,28+,29-/m0/s1. The normalized spacial score (nSPS) is 19.3. The monoisotopic (exact) mass is 667 g/mol. The van der Waals surface area contributed by atoms with Gasteiger partial charge in [-0.25, -0.2) is 13.6 Å². The molecule has 3 heterocycles. The van der Waals surface area contributed by atoms with Crippen LogP contribution >= 0.6 is 23.4 Å². The molecule has 7 N–H and O–H groups in total. The van der Waals surface area contributed by atoms with Gasteiger partial charge < -0.3 is 21.8 Å². The first-order valence-corrected chi connectivity index (χ1v) is 17.4. The number of rotatable bonds is 11. The molecule has 2 aliphatic rings. The van der Waals surface area contributed by atoms with Gasteiger partial charge in [-0.1, -0.05) is 42.3 Å². The summed E-state index contributed by atoms with van der Waals surface area (Å²) >= 11 is 7.62. The molecule has 2 aromatic heterocycles. The molecular weight excluding hydrogens is 628 g/mol. The molecule has 1 aliphatic heterocycles. The summed E-state index contributed by atoms with van der Waals surface area (Å²) in [6.07, 6.45) is 11.2. The van der Waals surface area contributed by atoms with Crippen molar-refractivity contribution in [3.63, 3.8) is 0 Å². The third-order valence-corrected chi connectivity index (χ3v) is 10.2. The van der Waals surface area contributed by atoms with Crippen LogP contribution in [0.1, 0.15) is 75.0 Å². The lowest BCUT2D eigenvalue weighted by Crippen LogP contribution is -2.32. The van der Waals surface area contributed by atoms with E-state index in [1.165, 1.54) is 35.2 Å². The minimum Gasteiger partial charge on any atom is -0.379 e. The van der Waals surface area contributed by atoms with Crippen LogP contribution in [-0.2, 0) is 6.42 Å². The summed E-state index contributed by atoms with van der Waals surface area (Å²) in [4.78, 5) is 20.3. The highest BCUT2D eigenvalue weighted by molar-refractivity contribution is 8.13. The fraction of sp³-hybridized carbons (Fsp3) is 0.441. The molecule has 0 unspecified atom stereocenters. The van der Waals surface area contributed by atoms with Gasteiger partial charge in [0.1, 0.15) is 11.5 Å². The molecule has 0 radical (unpaired) electrons. The van der Waals surface area contributed by atoms with Crippen molar-refractivity contribution < 1.29 is 8.78 Å². The Labute approximate surface area is 276 Å². The van der Waals surface area contributed by atoms with Crippen molar-refractivity contribution in [2.45, 2.75) is 82.3 Å². The number of amidine groups is 1. The molecule has 4 aromatic rings. The zero-order chi connectivity index (χ0) is 32.4. The number of aromatic nitrogens is 3. The van der Waals surface area contributed by atoms with Crippen LogP contribution in [0.2, 0.25) is 5.02 Å². The lowest BCUT2D eigenvalue weighted by molar-refractivity contribution is 0.420. The minimum absolute atomic E-state index is 0.0326. The van der Waals surface area contributed by atoms with Crippen LogP contribution in [0, 0.1) is 23.0 Å². The molecule has 1 saturated heterocycles. The summed E-state index contributed by atoms with van der Waals surface area (Å²) in [5.41, 5.74) is 14.0. The largest absolute Gasteiger partial charge is 0.379 e. The van der Waals surface area contributed by atoms with E-state index in [9.17, 15) is 4.79 Å². The predicted octanol–water partition coefficient (Wildman–Crippen LogP) is 6.96. The number of H-pyrrole nitrogens is 1. The van der Waals surface area contributed by atoms with Crippen LogP contribution in [0.3, 0.4) is 0 Å². The number of aromatic amines is 1. The second kappa shape index (κ2) is 14.3. The third kappa shape index (κ3) is 7.65. The molecule has 2 aromatic carbocycles. The SMILES string of the molecule is N=C(N)SCC[C@@H]1CCCC[C@@H](c2ccc(-n3cc4cc(-c5cc(CCC[C@@H](N)C6CC6)cc(Cl)c5F)[nH]c4nc3=O)cc2F)N1. The van der Waals surface area contributed by atoms with Crippen molar-refractivity contribution in [2.75, 3.05) is 5.75 Å². The zero-order valence-electron chi connectivity index (χ0n) is 25.6. The van der Waals surface area contributed by atoms with Crippen molar-refractivity contribution >= 4 is 39.6 Å². The molecule has 8 nitrogen and oxygen atoms in total. The molecule has 6 rings (SSSR count). The van der Waals surface area contributed by atoms with Crippen molar-refractivity contribution in [3.05, 3.63) is 80.9 Å². The maximum Gasteiger partial charge on any atom is 0.354 e. The van der Waals surface area contributed by atoms with E-state index in [1.54, 1.807) is 36.5 Å². The highest BCUT2D eigenvalue weighted by atomic mass is 35.5. The van der Waals surface area contributed by atoms with Gasteiger partial charge in [0.15, 0.2) is 11.0 Å². The summed E-state index contributed by atoms with van der Waals surface area (Å²) in [7, 11) is 0. The molecule has 244 valence electrons. The Bertz CT molecular complexity index is 1790. The molecule has 1 saturated carbocycles. The Balaban J connectivity index is 1.21. The maximum atomic E-state index is 15.6. The number of nitrogens with zero attached hydrogens (tertiary/aromatic N) is 2. The van der Waals surface area contributed by atoms with Crippen LogP contribution in [0.15, 0.2) is 47.4 Å². The first-order chi connectivity index (χ1) is 22.2. The first kappa shape index (κ1) is 32.7. The Morgan fingerprint density at radius 1 is 1.15 bits per heavy atom. The van der Waals surface area contributed by atoms with Crippen molar-refractivity contribution in [1.29, 1.82) is 5.41 Å². The number of aryl methyl sites for hydroxylation is 1. The minimum atomic E-state index is -0.581. The number of thioether (sulfide) groups is 1. The molecule has 0 amide bonds. The van der Waals surface area contributed by atoms with Gasteiger partial charge in [0.05, 0.1) is 16.4 Å². The predicted molar refractivity (Wildman–Crippen MR) is 183 cm³/mol. The van der Waals surface area contributed by atoms with Gasteiger partial charge in [0.25, 0.3) is 0 Å².